The maximum absolute atomic E-state index is 12.5. The summed E-state index contributed by atoms with van der Waals surface area (Å²) in [5.41, 5.74) is 4.34. The van der Waals surface area contributed by atoms with Crippen molar-refractivity contribution in [3.63, 3.8) is 0 Å². The van der Waals surface area contributed by atoms with Gasteiger partial charge in [-0.3, -0.25) is 0 Å². The third-order valence-corrected chi connectivity index (χ3v) is 8.76. The summed E-state index contributed by atoms with van der Waals surface area (Å²) in [6, 6.07) is 10.6. The molecule has 0 aliphatic carbocycles. The van der Waals surface area contributed by atoms with Crippen LogP contribution in [0, 0.1) is 18.3 Å². The van der Waals surface area contributed by atoms with E-state index in [0.29, 0.717) is 43.3 Å². The molecule has 176 valence electrons. The molecule has 0 saturated carbocycles. The van der Waals surface area contributed by atoms with Gasteiger partial charge in [0.2, 0.25) is 5.13 Å². The number of nitrogens with zero attached hydrogens (tertiary/aromatic N) is 4. The number of nitriles is 1. The second kappa shape index (κ2) is 8.88. The van der Waals surface area contributed by atoms with Crippen LogP contribution in [0.25, 0.3) is 27.5 Å². The van der Waals surface area contributed by atoms with E-state index in [1.54, 1.807) is 43.0 Å². The Morgan fingerprint density at radius 2 is 1.97 bits per heavy atom. The summed E-state index contributed by atoms with van der Waals surface area (Å²) in [4.78, 5) is 17.3. The Labute approximate surface area is 218 Å². The zero-order chi connectivity index (χ0) is 25.0. The number of halogens is 2. The van der Waals surface area contributed by atoms with E-state index in [9.17, 15) is 15.2 Å². The molecule has 5 rings (SSSR count). The Balaban J connectivity index is 1.71. The van der Waals surface area contributed by atoms with E-state index in [0.717, 1.165) is 21.0 Å². The van der Waals surface area contributed by atoms with E-state index in [1.807, 2.05) is 6.07 Å². The van der Waals surface area contributed by atoms with Crippen molar-refractivity contribution in [2.75, 3.05) is 7.11 Å². The van der Waals surface area contributed by atoms with E-state index in [1.165, 1.54) is 23.1 Å². The molecule has 35 heavy (non-hydrogen) atoms. The smallest absolute Gasteiger partial charge is 0.355 e. The minimum atomic E-state index is -1.16. The van der Waals surface area contributed by atoms with Crippen molar-refractivity contribution in [2.24, 2.45) is 0 Å². The number of benzene rings is 2. The monoisotopic (exact) mass is 542 g/mol. The van der Waals surface area contributed by atoms with Crippen molar-refractivity contribution in [2.45, 2.75) is 23.3 Å². The van der Waals surface area contributed by atoms with Crippen molar-refractivity contribution in [1.29, 1.82) is 5.26 Å². The van der Waals surface area contributed by atoms with Gasteiger partial charge in [-0.2, -0.15) is 15.0 Å². The zero-order valence-corrected chi connectivity index (χ0v) is 21.7. The molecule has 0 spiro atoms. The van der Waals surface area contributed by atoms with Gasteiger partial charge >= 0.3 is 5.97 Å². The summed E-state index contributed by atoms with van der Waals surface area (Å²) in [6.45, 7) is 3.80. The number of fused-ring (bicyclic) bond motifs is 3. The molecule has 0 fully saturated rings. The predicted octanol–water partition coefficient (Wildman–Crippen LogP) is 7.02. The summed E-state index contributed by atoms with van der Waals surface area (Å²) < 4.78 is 7.60. The molecule has 4 aromatic rings. The lowest BCUT2D eigenvalue weighted by molar-refractivity contribution is 0.0688. The Hall–Kier alpha value is -3.03. The largest absolute Gasteiger partial charge is 0.497 e. The zero-order valence-electron chi connectivity index (χ0n) is 18.6. The molecule has 1 atom stereocenters. The second-order valence-electron chi connectivity index (χ2n) is 7.83. The van der Waals surface area contributed by atoms with Crippen LogP contribution in [-0.2, 0) is 0 Å². The van der Waals surface area contributed by atoms with E-state index < -0.39 is 5.97 Å². The van der Waals surface area contributed by atoms with Crippen molar-refractivity contribution >= 4 is 52.3 Å². The summed E-state index contributed by atoms with van der Waals surface area (Å²) in [6.07, 6.45) is 0. The molecule has 1 aliphatic heterocycles. The van der Waals surface area contributed by atoms with Gasteiger partial charge < -0.3 is 9.84 Å². The first-order valence-corrected chi connectivity index (χ1v) is 12.8. The van der Waals surface area contributed by atoms with Crippen molar-refractivity contribution in [1.82, 2.24) is 14.8 Å². The van der Waals surface area contributed by atoms with E-state index >= 15 is 0 Å². The fraction of sp³-hybridized carbons (Fsp3) is 0.167. The quantitative estimate of drug-likeness (QED) is 0.295. The molecule has 7 nitrogen and oxygen atoms in total. The van der Waals surface area contributed by atoms with Crippen LogP contribution in [0.3, 0.4) is 0 Å². The van der Waals surface area contributed by atoms with Crippen molar-refractivity contribution in [3.8, 4) is 39.3 Å². The first-order valence-electron chi connectivity index (χ1n) is 10.3. The number of aromatic nitrogens is 3. The number of hydrogen-bond donors (Lipinski definition) is 1. The minimum Gasteiger partial charge on any atom is -0.497 e. The third-order valence-electron chi connectivity index (χ3n) is 5.66. The lowest BCUT2D eigenvalue weighted by Gasteiger charge is -2.21. The molecule has 1 N–H and O–H groups in total. The molecule has 0 saturated heterocycles. The highest BCUT2D eigenvalue weighted by atomic mass is 35.5. The molecule has 1 aliphatic rings. The SMILES string of the molecule is COc1cc(C#N)cc(-c2c(C)nn(-c3nc4c(s3)SC(C)c3cc(Cl)c(Cl)cc3-4)c2C(=O)O)c1. The Morgan fingerprint density at radius 3 is 2.66 bits per heavy atom. The highest BCUT2D eigenvalue weighted by Gasteiger charge is 2.31. The number of carbonyl (C=O) groups is 1. The summed E-state index contributed by atoms with van der Waals surface area (Å²) >= 11 is 15.5. The van der Waals surface area contributed by atoms with Crippen LogP contribution in [0.5, 0.6) is 5.75 Å². The number of carboxylic acids is 1. The number of thioether (sulfide) groups is 1. The molecule has 11 heteroatoms. The van der Waals surface area contributed by atoms with Gasteiger partial charge in [-0.05, 0) is 55.3 Å². The van der Waals surface area contributed by atoms with Crippen LogP contribution in [0.15, 0.2) is 34.5 Å². The predicted molar refractivity (Wildman–Crippen MR) is 137 cm³/mol. The number of ether oxygens (including phenoxy) is 1. The third kappa shape index (κ3) is 3.96. The number of carboxylic acid groups (broad SMARTS) is 1. The first-order chi connectivity index (χ1) is 16.7. The Kier molecular flexibility index (Phi) is 6.01. The van der Waals surface area contributed by atoms with Crippen molar-refractivity contribution < 1.29 is 14.6 Å². The van der Waals surface area contributed by atoms with Gasteiger partial charge in [0.1, 0.15) is 5.75 Å². The summed E-state index contributed by atoms with van der Waals surface area (Å²) in [7, 11) is 1.49. The van der Waals surface area contributed by atoms with E-state index in [2.05, 4.69) is 18.1 Å². The summed E-state index contributed by atoms with van der Waals surface area (Å²) in [5.74, 6) is -0.712. The molecular weight excluding hydrogens is 527 g/mol. The Morgan fingerprint density at radius 1 is 1.23 bits per heavy atom. The summed E-state index contributed by atoms with van der Waals surface area (Å²) in [5, 5.41) is 25.6. The van der Waals surface area contributed by atoms with Crippen LogP contribution in [0.1, 0.15) is 39.5 Å². The average molecular weight is 543 g/mol. The van der Waals surface area contributed by atoms with Crippen LogP contribution >= 0.6 is 46.3 Å². The van der Waals surface area contributed by atoms with Gasteiger partial charge in [0, 0.05) is 16.4 Å². The molecule has 2 aromatic carbocycles. The minimum absolute atomic E-state index is 0.0434. The Bertz CT molecular complexity index is 1570. The average Bonchev–Trinajstić information content (AvgIpc) is 3.41. The van der Waals surface area contributed by atoms with Gasteiger partial charge in [0.15, 0.2) is 5.69 Å². The lowest BCUT2D eigenvalue weighted by atomic mass is 10.0. The van der Waals surface area contributed by atoms with E-state index in [-0.39, 0.29) is 10.9 Å². The fourth-order valence-corrected chi connectivity index (χ4v) is 6.97. The highest BCUT2D eigenvalue weighted by Crippen LogP contribution is 2.53. The second-order valence-corrected chi connectivity index (χ2v) is 11.2. The molecule has 2 aromatic heterocycles. The first kappa shape index (κ1) is 23.7. The topological polar surface area (TPSA) is 101 Å². The molecular formula is C24H16Cl2N4O3S2. The van der Waals surface area contributed by atoms with Gasteiger partial charge in [0.05, 0.1) is 44.4 Å². The lowest BCUT2D eigenvalue weighted by Crippen LogP contribution is -2.09. The van der Waals surface area contributed by atoms with Crippen LogP contribution in [0.2, 0.25) is 10.0 Å². The van der Waals surface area contributed by atoms with Crippen LogP contribution in [-0.4, -0.2) is 33.0 Å². The maximum atomic E-state index is 12.5. The maximum Gasteiger partial charge on any atom is 0.355 e. The van der Waals surface area contributed by atoms with Gasteiger partial charge in [-0.25, -0.2) is 9.78 Å². The molecule has 3 heterocycles. The number of aromatic carboxylic acids is 1. The van der Waals surface area contributed by atoms with Gasteiger partial charge in [0.25, 0.3) is 0 Å². The number of hydrogen-bond acceptors (Lipinski definition) is 7. The highest BCUT2D eigenvalue weighted by molar-refractivity contribution is 8.01. The van der Waals surface area contributed by atoms with Gasteiger partial charge in [-0.1, -0.05) is 34.5 Å². The fourth-order valence-electron chi connectivity index (χ4n) is 4.10. The molecule has 1 unspecified atom stereocenters. The molecule has 0 bridgehead atoms. The van der Waals surface area contributed by atoms with E-state index in [4.69, 9.17) is 32.9 Å². The number of methoxy groups -OCH3 is 1. The van der Waals surface area contributed by atoms with Gasteiger partial charge in [-0.15, -0.1) is 11.8 Å². The van der Waals surface area contributed by atoms with Crippen LogP contribution in [0.4, 0.5) is 0 Å². The normalized spacial score (nSPS) is 14.2. The van der Waals surface area contributed by atoms with Crippen LogP contribution < -0.4 is 4.74 Å². The molecule has 0 radical (unpaired) electrons. The number of aryl methyl sites for hydroxylation is 1. The van der Waals surface area contributed by atoms with Crippen molar-refractivity contribution in [3.05, 3.63) is 62.9 Å². The number of rotatable bonds is 4. The molecule has 0 amide bonds. The number of thiazole rings is 1. The standard InChI is InChI=1S/C24H16Cl2N4O3S2/c1-10-19(13-4-12(9-27)5-14(6-13)33-3)21(22(31)32)30(29-10)24-28-20-16-8-18(26)17(25)7-15(16)11(2)34-23(20)35-24/h4-8,11H,1-3H3,(H,31,32).